The third kappa shape index (κ3) is 5.04. The summed E-state index contributed by atoms with van der Waals surface area (Å²) in [5.41, 5.74) is 2.38. The summed E-state index contributed by atoms with van der Waals surface area (Å²) >= 11 is 1.47. The van der Waals surface area contributed by atoms with E-state index in [4.69, 9.17) is 13.9 Å². The lowest BCUT2D eigenvalue weighted by Gasteiger charge is -2.08. The molecule has 4 aromatic rings. The van der Waals surface area contributed by atoms with Crippen molar-refractivity contribution in [3.63, 3.8) is 0 Å². The first-order chi connectivity index (χ1) is 16.5. The molecule has 0 fully saturated rings. The van der Waals surface area contributed by atoms with Crippen LogP contribution in [0.3, 0.4) is 0 Å². The third-order valence-corrected chi connectivity index (χ3v) is 5.87. The maximum absolute atomic E-state index is 11.2. The molecule has 0 saturated heterocycles. The van der Waals surface area contributed by atoms with Crippen molar-refractivity contribution >= 4 is 23.4 Å². The van der Waals surface area contributed by atoms with Crippen molar-refractivity contribution in [1.29, 1.82) is 0 Å². The summed E-state index contributed by atoms with van der Waals surface area (Å²) in [5.74, 6) is 3.16. The lowest BCUT2D eigenvalue weighted by Crippen LogP contribution is -2.05. The first-order valence-corrected chi connectivity index (χ1v) is 11.5. The number of thioether (sulfide) groups is 1. The standard InChI is InChI=1S/C23H24N6O4S/c1-5-29-21(15-6-9-17(10-7-15)24-14(2)30)26-28-23(29)34-13-20-25-27-22(33-20)16-8-11-18(31-3)19(12-16)32-4/h6-12H,5,13H2,1-4H3,(H,24,30). The second-order valence-corrected chi connectivity index (χ2v) is 8.11. The highest BCUT2D eigenvalue weighted by Crippen LogP contribution is 2.32. The molecule has 0 radical (unpaired) electrons. The molecule has 11 heteroatoms. The van der Waals surface area contributed by atoms with Gasteiger partial charge in [-0.25, -0.2) is 0 Å². The van der Waals surface area contributed by atoms with Crippen molar-refractivity contribution in [2.45, 2.75) is 31.3 Å². The second kappa shape index (κ2) is 10.4. The van der Waals surface area contributed by atoms with E-state index >= 15 is 0 Å². The fraction of sp³-hybridized carbons (Fsp3) is 0.261. The topological polar surface area (TPSA) is 117 Å². The molecule has 2 heterocycles. The fourth-order valence-electron chi connectivity index (χ4n) is 3.32. The number of rotatable bonds is 9. The van der Waals surface area contributed by atoms with Crippen molar-refractivity contribution in [2.75, 3.05) is 19.5 Å². The first kappa shape index (κ1) is 23.3. The average molecular weight is 481 g/mol. The summed E-state index contributed by atoms with van der Waals surface area (Å²) in [6.45, 7) is 4.20. The first-order valence-electron chi connectivity index (χ1n) is 10.5. The van der Waals surface area contributed by atoms with Gasteiger partial charge in [0.1, 0.15) is 0 Å². The predicted octanol–water partition coefficient (Wildman–Crippen LogP) is 4.28. The SMILES string of the molecule is CCn1c(SCc2nnc(-c3ccc(OC)c(OC)c3)o2)nnc1-c1ccc(NC(C)=O)cc1. The number of benzene rings is 2. The van der Waals surface area contributed by atoms with Gasteiger partial charge in [0, 0.05) is 30.3 Å². The van der Waals surface area contributed by atoms with Crippen LogP contribution < -0.4 is 14.8 Å². The van der Waals surface area contributed by atoms with E-state index in [1.165, 1.54) is 18.7 Å². The van der Waals surface area contributed by atoms with Crippen LogP contribution in [0.2, 0.25) is 0 Å². The number of methoxy groups -OCH3 is 2. The number of carbonyl (C=O) groups excluding carboxylic acids is 1. The van der Waals surface area contributed by atoms with Crippen molar-refractivity contribution in [1.82, 2.24) is 25.0 Å². The summed E-state index contributed by atoms with van der Waals surface area (Å²) < 4.78 is 18.5. The van der Waals surface area contributed by atoms with E-state index in [1.54, 1.807) is 26.4 Å². The number of nitrogens with zero attached hydrogens (tertiary/aromatic N) is 5. The van der Waals surface area contributed by atoms with E-state index in [2.05, 4.69) is 25.7 Å². The van der Waals surface area contributed by atoms with Gasteiger partial charge in [-0.2, -0.15) is 0 Å². The molecule has 34 heavy (non-hydrogen) atoms. The van der Waals surface area contributed by atoms with Crippen LogP contribution in [0.15, 0.2) is 52.0 Å². The van der Waals surface area contributed by atoms with Crippen LogP contribution in [0.5, 0.6) is 11.5 Å². The molecule has 2 aromatic carbocycles. The normalized spacial score (nSPS) is 10.8. The van der Waals surface area contributed by atoms with Gasteiger partial charge in [-0.1, -0.05) is 11.8 Å². The number of hydrogen-bond acceptors (Lipinski definition) is 9. The van der Waals surface area contributed by atoms with Gasteiger partial charge >= 0.3 is 0 Å². The molecule has 176 valence electrons. The van der Waals surface area contributed by atoms with E-state index in [0.29, 0.717) is 35.6 Å². The number of amides is 1. The second-order valence-electron chi connectivity index (χ2n) is 7.17. The molecule has 0 unspecified atom stereocenters. The minimum Gasteiger partial charge on any atom is -0.493 e. The lowest BCUT2D eigenvalue weighted by molar-refractivity contribution is -0.114. The van der Waals surface area contributed by atoms with Crippen LogP contribution in [-0.4, -0.2) is 45.1 Å². The van der Waals surface area contributed by atoms with Crippen LogP contribution in [0.4, 0.5) is 5.69 Å². The van der Waals surface area contributed by atoms with Gasteiger partial charge in [-0.15, -0.1) is 20.4 Å². The summed E-state index contributed by atoms with van der Waals surface area (Å²) in [4.78, 5) is 11.2. The highest BCUT2D eigenvalue weighted by atomic mass is 32.2. The zero-order valence-corrected chi connectivity index (χ0v) is 20.0. The maximum atomic E-state index is 11.2. The molecule has 0 aliphatic heterocycles. The van der Waals surface area contributed by atoms with Crippen molar-refractivity contribution in [2.24, 2.45) is 0 Å². The Hall–Kier alpha value is -3.86. The molecule has 10 nitrogen and oxygen atoms in total. The van der Waals surface area contributed by atoms with E-state index in [-0.39, 0.29) is 5.91 Å². The molecule has 0 aliphatic carbocycles. The molecule has 0 atom stereocenters. The Bertz CT molecular complexity index is 1290. The third-order valence-electron chi connectivity index (χ3n) is 4.92. The van der Waals surface area contributed by atoms with Crippen LogP contribution >= 0.6 is 11.8 Å². The van der Waals surface area contributed by atoms with Gasteiger partial charge in [-0.05, 0) is 49.4 Å². The Morgan fingerprint density at radius 3 is 2.41 bits per heavy atom. The van der Waals surface area contributed by atoms with Gasteiger partial charge in [0.25, 0.3) is 0 Å². The Labute approximate surface area is 200 Å². The number of ether oxygens (including phenoxy) is 2. The fourth-order valence-corrected chi connectivity index (χ4v) is 4.16. The number of anilines is 1. The van der Waals surface area contributed by atoms with E-state index in [0.717, 1.165) is 27.8 Å². The molecule has 1 N–H and O–H groups in total. The minimum absolute atomic E-state index is 0.113. The van der Waals surface area contributed by atoms with Gasteiger partial charge in [0.15, 0.2) is 22.5 Å². The van der Waals surface area contributed by atoms with Crippen molar-refractivity contribution in [3.8, 4) is 34.3 Å². The summed E-state index contributed by atoms with van der Waals surface area (Å²) in [6.07, 6.45) is 0. The lowest BCUT2D eigenvalue weighted by atomic mass is 10.2. The Morgan fingerprint density at radius 2 is 1.74 bits per heavy atom. The number of carbonyl (C=O) groups is 1. The largest absolute Gasteiger partial charge is 0.493 e. The molecule has 4 rings (SSSR count). The molecule has 0 saturated carbocycles. The van der Waals surface area contributed by atoms with Gasteiger partial charge in [0.2, 0.25) is 17.7 Å². The van der Waals surface area contributed by atoms with Gasteiger partial charge in [-0.3, -0.25) is 4.79 Å². The van der Waals surface area contributed by atoms with Crippen molar-refractivity contribution in [3.05, 3.63) is 48.4 Å². The molecule has 1 amide bonds. The number of aromatic nitrogens is 5. The van der Waals surface area contributed by atoms with E-state index < -0.39 is 0 Å². The summed E-state index contributed by atoms with van der Waals surface area (Å²) in [5, 5.41) is 20.5. The zero-order valence-electron chi connectivity index (χ0n) is 19.2. The molecular weight excluding hydrogens is 456 g/mol. The van der Waals surface area contributed by atoms with Gasteiger partial charge in [0.05, 0.1) is 20.0 Å². The Kier molecular flexibility index (Phi) is 7.12. The smallest absolute Gasteiger partial charge is 0.247 e. The van der Waals surface area contributed by atoms with Crippen LogP contribution in [-0.2, 0) is 17.1 Å². The molecule has 2 aromatic heterocycles. The Morgan fingerprint density at radius 1 is 1.00 bits per heavy atom. The molecule has 0 bridgehead atoms. The van der Waals surface area contributed by atoms with Crippen LogP contribution in [0.25, 0.3) is 22.8 Å². The van der Waals surface area contributed by atoms with Gasteiger partial charge < -0.3 is 23.8 Å². The van der Waals surface area contributed by atoms with E-state index in [9.17, 15) is 4.79 Å². The highest BCUT2D eigenvalue weighted by Gasteiger charge is 2.16. The average Bonchev–Trinajstić information content (AvgIpc) is 3.49. The maximum Gasteiger partial charge on any atom is 0.247 e. The minimum atomic E-state index is -0.113. The quantitative estimate of drug-likeness (QED) is 0.350. The highest BCUT2D eigenvalue weighted by molar-refractivity contribution is 7.98. The number of hydrogen-bond donors (Lipinski definition) is 1. The molecule has 0 aliphatic rings. The summed E-state index contributed by atoms with van der Waals surface area (Å²) in [6, 6.07) is 12.9. The Balaban J connectivity index is 1.47. The molecule has 0 spiro atoms. The van der Waals surface area contributed by atoms with E-state index in [1.807, 2.05) is 41.8 Å². The van der Waals surface area contributed by atoms with Crippen LogP contribution in [0, 0.1) is 0 Å². The monoisotopic (exact) mass is 480 g/mol. The number of nitrogens with one attached hydrogen (secondary N) is 1. The zero-order chi connectivity index (χ0) is 24.1. The van der Waals surface area contributed by atoms with Crippen LogP contribution in [0.1, 0.15) is 19.7 Å². The summed E-state index contributed by atoms with van der Waals surface area (Å²) in [7, 11) is 3.16. The molecular formula is C23H24N6O4S. The van der Waals surface area contributed by atoms with Crippen molar-refractivity contribution < 1.29 is 18.7 Å². The predicted molar refractivity (Wildman–Crippen MR) is 128 cm³/mol.